The highest BCUT2D eigenvalue weighted by atomic mass is 79.9. The molecule has 0 saturated carbocycles. The molecule has 0 fully saturated rings. The van der Waals surface area contributed by atoms with Crippen LogP contribution >= 0.6 is 7.26 Å². The summed E-state index contributed by atoms with van der Waals surface area (Å²) in [7, 11) is -2.31. The lowest BCUT2D eigenvalue weighted by Gasteiger charge is -2.28. The first-order valence-electron chi connectivity index (χ1n) is 9.17. The Labute approximate surface area is 178 Å². The second-order valence-corrected chi connectivity index (χ2v) is 9.46. The molecule has 0 aromatic heterocycles. The average molecular weight is 455 g/mol. The van der Waals surface area contributed by atoms with E-state index in [0.717, 1.165) is 5.50 Å². The van der Waals surface area contributed by atoms with E-state index in [1.165, 1.54) is 15.9 Å². The van der Waals surface area contributed by atoms with Crippen LogP contribution in [0, 0.1) is 0 Å². The zero-order valence-corrected chi connectivity index (χ0v) is 18.6. The first-order valence-corrected chi connectivity index (χ1v) is 11.0. The normalized spacial score (nSPS) is 11.4. The van der Waals surface area contributed by atoms with E-state index in [9.17, 15) is 4.79 Å². The minimum atomic E-state index is -2.31. The van der Waals surface area contributed by atoms with Crippen molar-refractivity contribution >= 4 is 29.1 Å². The average Bonchev–Trinajstić information content (AvgIpc) is 2.75. The van der Waals surface area contributed by atoms with Crippen molar-refractivity contribution in [3.63, 3.8) is 0 Å². The van der Waals surface area contributed by atoms with Gasteiger partial charge in [-0.25, -0.2) is 0 Å². The Morgan fingerprint density at radius 1 is 0.786 bits per heavy atom. The fourth-order valence-electron chi connectivity index (χ4n) is 3.29. The van der Waals surface area contributed by atoms with E-state index in [4.69, 9.17) is 4.74 Å². The molecule has 144 valence electrons. The van der Waals surface area contributed by atoms with Crippen LogP contribution in [0.5, 0.6) is 0 Å². The van der Waals surface area contributed by atoms with Crippen molar-refractivity contribution in [2.24, 2.45) is 0 Å². The molecule has 0 bridgehead atoms. The lowest BCUT2D eigenvalue weighted by atomic mass is 10.4. The molecule has 0 amide bonds. The number of benzene rings is 3. The summed E-state index contributed by atoms with van der Waals surface area (Å²) in [5.74, 6) is -0.213. The van der Waals surface area contributed by atoms with Crippen LogP contribution < -0.4 is 32.9 Å². The second kappa shape index (κ2) is 10.4. The van der Waals surface area contributed by atoms with E-state index >= 15 is 0 Å². The first kappa shape index (κ1) is 22.1. The third kappa shape index (κ3) is 4.27. The number of rotatable bonds is 6. The highest BCUT2D eigenvalue weighted by Crippen LogP contribution is 2.62. The molecule has 0 saturated heterocycles. The Bertz CT molecular complexity index is 812. The maximum Gasteiger partial charge on any atom is 0.313 e. The summed E-state index contributed by atoms with van der Waals surface area (Å²) in [6.07, 6.45) is 2.30. The minimum absolute atomic E-state index is 0. The fourth-order valence-corrected chi connectivity index (χ4v) is 7.44. The molecule has 0 atom stereocenters. The van der Waals surface area contributed by atoms with Gasteiger partial charge in [-0.2, -0.15) is 0 Å². The number of halogens is 1. The third-order valence-corrected chi connectivity index (χ3v) is 8.74. The number of hydrogen-bond donors (Lipinski definition) is 0. The first-order chi connectivity index (χ1) is 13.2. The Kier molecular flexibility index (Phi) is 8.17. The largest absolute Gasteiger partial charge is 1.00 e. The van der Waals surface area contributed by atoms with Gasteiger partial charge in [0.15, 0.2) is 7.26 Å². The van der Waals surface area contributed by atoms with Gasteiger partial charge >= 0.3 is 5.97 Å². The SMILES string of the molecule is C/C=C(\OC(=O)CC)[P+](c1ccccc1)(c1ccccc1)c1ccccc1.[Br-]. The number of allylic oxidation sites excluding steroid dienone is 1. The van der Waals surface area contributed by atoms with Gasteiger partial charge in [0.25, 0.3) is 5.50 Å². The van der Waals surface area contributed by atoms with Gasteiger partial charge in [-0.15, -0.1) is 0 Å². The summed E-state index contributed by atoms with van der Waals surface area (Å²) in [4.78, 5) is 12.3. The molecule has 0 aliphatic rings. The fraction of sp³-hybridized carbons (Fsp3) is 0.125. The Hall–Kier alpha value is -2.22. The standard InChI is InChI=1S/C24H24O2P.BrH/c1-3-23(25)26-24(4-2)27(20-14-8-5-9-15-20,21-16-10-6-11-17-21)22-18-12-7-13-19-22;/h4-19H,3H2,1-2H3;1H/q+1;/p-1/b24-4+;. The van der Waals surface area contributed by atoms with E-state index in [2.05, 4.69) is 36.4 Å². The Morgan fingerprint density at radius 3 is 1.43 bits per heavy atom. The van der Waals surface area contributed by atoms with Crippen LogP contribution in [-0.4, -0.2) is 5.97 Å². The van der Waals surface area contributed by atoms with Gasteiger partial charge in [-0.1, -0.05) is 61.5 Å². The molecular formula is C24H24BrO2P. The van der Waals surface area contributed by atoms with Gasteiger partial charge in [0.1, 0.15) is 15.9 Å². The molecule has 0 spiro atoms. The molecule has 3 aromatic rings. The molecule has 0 aliphatic heterocycles. The van der Waals surface area contributed by atoms with Gasteiger partial charge in [0.2, 0.25) is 0 Å². The predicted octanol–water partition coefficient (Wildman–Crippen LogP) is 1.80. The van der Waals surface area contributed by atoms with Crippen molar-refractivity contribution in [1.29, 1.82) is 0 Å². The van der Waals surface area contributed by atoms with Crippen molar-refractivity contribution in [2.75, 3.05) is 0 Å². The highest BCUT2D eigenvalue weighted by molar-refractivity contribution is 7.98. The van der Waals surface area contributed by atoms with Crippen LogP contribution in [0.4, 0.5) is 0 Å². The maximum absolute atomic E-state index is 12.3. The second-order valence-electron chi connectivity index (χ2n) is 6.13. The molecule has 3 rings (SSSR count). The van der Waals surface area contributed by atoms with Crippen LogP contribution in [0.3, 0.4) is 0 Å². The van der Waals surface area contributed by atoms with E-state index < -0.39 is 7.26 Å². The van der Waals surface area contributed by atoms with Crippen molar-refractivity contribution in [1.82, 2.24) is 0 Å². The van der Waals surface area contributed by atoms with Crippen LogP contribution in [-0.2, 0) is 9.53 Å². The molecule has 0 N–H and O–H groups in total. The molecule has 3 aromatic carbocycles. The van der Waals surface area contributed by atoms with Gasteiger partial charge in [-0.05, 0) is 49.4 Å². The van der Waals surface area contributed by atoms with Crippen molar-refractivity contribution < 1.29 is 26.5 Å². The predicted molar refractivity (Wildman–Crippen MR) is 115 cm³/mol. The van der Waals surface area contributed by atoms with Crippen LogP contribution in [0.25, 0.3) is 0 Å². The smallest absolute Gasteiger partial charge is 0.313 e. The van der Waals surface area contributed by atoms with Crippen molar-refractivity contribution in [3.05, 3.63) is 103 Å². The molecule has 28 heavy (non-hydrogen) atoms. The Balaban J connectivity index is 0.00000280. The van der Waals surface area contributed by atoms with Gasteiger partial charge in [0.05, 0.1) is 0 Å². The number of ether oxygens (including phenoxy) is 1. The number of carbonyl (C=O) groups excluding carboxylic acids is 1. The van der Waals surface area contributed by atoms with E-state index in [1.54, 1.807) is 0 Å². The van der Waals surface area contributed by atoms with Gasteiger partial charge in [0, 0.05) is 6.42 Å². The molecule has 4 heteroatoms. The van der Waals surface area contributed by atoms with Crippen LogP contribution in [0.15, 0.2) is 103 Å². The lowest BCUT2D eigenvalue weighted by molar-refractivity contribution is -0.138. The topological polar surface area (TPSA) is 26.3 Å². The summed E-state index contributed by atoms with van der Waals surface area (Å²) in [6.45, 7) is 3.77. The van der Waals surface area contributed by atoms with Gasteiger partial charge in [-0.3, -0.25) is 4.79 Å². The highest BCUT2D eigenvalue weighted by Gasteiger charge is 2.51. The summed E-state index contributed by atoms with van der Waals surface area (Å²) >= 11 is 0. The lowest BCUT2D eigenvalue weighted by Crippen LogP contribution is -3.00. The van der Waals surface area contributed by atoms with E-state index in [1.807, 2.05) is 74.5 Å². The summed E-state index contributed by atoms with van der Waals surface area (Å²) in [5, 5.41) is 3.50. The summed E-state index contributed by atoms with van der Waals surface area (Å²) < 4.78 is 5.95. The quantitative estimate of drug-likeness (QED) is 0.322. The molecular weight excluding hydrogens is 431 g/mol. The zero-order valence-electron chi connectivity index (χ0n) is 16.1. The summed E-state index contributed by atoms with van der Waals surface area (Å²) in [6, 6.07) is 31.1. The summed E-state index contributed by atoms with van der Waals surface area (Å²) in [5.41, 5.74) is 0.734. The Morgan fingerprint density at radius 2 is 1.14 bits per heavy atom. The van der Waals surface area contributed by atoms with Crippen molar-refractivity contribution in [2.45, 2.75) is 20.3 Å². The maximum atomic E-state index is 12.3. The number of hydrogen-bond acceptors (Lipinski definition) is 2. The zero-order chi connectivity index (χ0) is 19.1. The van der Waals surface area contributed by atoms with E-state index in [-0.39, 0.29) is 23.0 Å². The van der Waals surface area contributed by atoms with Crippen LogP contribution in [0.2, 0.25) is 0 Å². The number of esters is 1. The van der Waals surface area contributed by atoms with Crippen molar-refractivity contribution in [3.8, 4) is 0 Å². The monoisotopic (exact) mass is 454 g/mol. The molecule has 2 nitrogen and oxygen atoms in total. The third-order valence-electron chi connectivity index (χ3n) is 4.52. The van der Waals surface area contributed by atoms with E-state index in [0.29, 0.717) is 6.42 Å². The molecule has 0 heterocycles. The molecule has 0 aliphatic carbocycles. The van der Waals surface area contributed by atoms with Gasteiger partial charge < -0.3 is 21.7 Å². The van der Waals surface area contributed by atoms with Crippen LogP contribution in [0.1, 0.15) is 20.3 Å². The number of carbonyl (C=O) groups is 1. The minimum Gasteiger partial charge on any atom is -1.00 e. The molecule has 0 radical (unpaired) electrons. The molecule has 0 unspecified atom stereocenters.